The van der Waals surface area contributed by atoms with Crippen molar-refractivity contribution in [3.05, 3.63) is 61.9 Å². The summed E-state index contributed by atoms with van der Waals surface area (Å²) in [5, 5.41) is 0. The van der Waals surface area contributed by atoms with Gasteiger partial charge in [-0.25, -0.2) is 4.39 Å². The number of halogens is 3. The van der Waals surface area contributed by atoms with Gasteiger partial charge in [0, 0.05) is 4.47 Å². The van der Waals surface area contributed by atoms with E-state index in [1.54, 1.807) is 0 Å². The molecule has 0 aliphatic carbocycles. The first-order valence-electron chi connectivity index (χ1n) is 4.97. The maximum Gasteiger partial charge on any atom is 0.133 e. The molecule has 0 radical (unpaired) electrons. The van der Waals surface area contributed by atoms with Crippen molar-refractivity contribution < 1.29 is 9.13 Å². The largest absolute Gasteiger partial charge is 0.488 e. The van der Waals surface area contributed by atoms with E-state index in [1.807, 2.05) is 30.3 Å². The van der Waals surface area contributed by atoms with Gasteiger partial charge >= 0.3 is 0 Å². The van der Waals surface area contributed by atoms with Crippen molar-refractivity contribution in [3.63, 3.8) is 0 Å². The molecular weight excluding hydrogens is 398 g/mol. The van der Waals surface area contributed by atoms with Crippen molar-refractivity contribution in [1.29, 1.82) is 0 Å². The zero-order chi connectivity index (χ0) is 12.3. The van der Waals surface area contributed by atoms with Crippen LogP contribution >= 0.6 is 38.5 Å². The molecule has 1 nitrogen and oxygen atoms in total. The fourth-order valence-corrected chi connectivity index (χ4v) is 2.47. The molecule has 0 heterocycles. The molecule has 0 unspecified atom stereocenters. The van der Waals surface area contributed by atoms with Gasteiger partial charge in [0.05, 0.1) is 3.57 Å². The van der Waals surface area contributed by atoms with Crippen LogP contribution in [-0.4, -0.2) is 0 Å². The van der Waals surface area contributed by atoms with Crippen molar-refractivity contribution in [3.8, 4) is 5.75 Å². The Morgan fingerprint density at radius 3 is 2.65 bits per heavy atom. The van der Waals surface area contributed by atoms with Crippen LogP contribution in [0, 0.1) is 9.39 Å². The Hall–Kier alpha value is -0.620. The molecule has 0 spiro atoms. The van der Waals surface area contributed by atoms with Crippen molar-refractivity contribution in [1.82, 2.24) is 0 Å². The van der Waals surface area contributed by atoms with Gasteiger partial charge in [0.15, 0.2) is 0 Å². The third kappa shape index (κ3) is 3.67. The number of hydrogen-bond acceptors (Lipinski definition) is 1. The Labute approximate surface area is 121 Å². The molecule has 0 bridgehead atoms. The minimum Gasteiger partial charge on any atom is -0.488 e. The lowest BCUT2D eigenvalue weighted by Gasteiger charge is -2.08. The molecule has 0 saturated heterocycles. The summed E-state index contributed by atoms with van der Waals surface area (Å²) in [6.45, 7) is 0.358. The number of rotatable bonds is 3. The van der Waals surface area contributed by atoms with Gasteiger partial charge in [-0.3, -0.25) is 0 Å². The summed E-state index contributed by atoms with van der Waals surface area (Å²) in [4.78, 5) is 0. The first kappa shape index (κ1) is 12.8. The summed E-state index contributed by atoms with van der Waals surface area (Å²) < 4.78 is 20.5. The average Bonchev–Trinajstić information content (AvgIpc) is 2.27. The fourth-order valence-electron chi connectivity index (χ4n) is 1.42. The lowest BCUT2D eigenvalue weighted by Crippen LogP contribution is -1.97. The SMILES string of the molecule is Fc1cc(Br)cc(COc2ccccc2I)c1. The minimum absolute atomic E-state index is 0.263. The van der Waals surface area contributed by atoms with Crippen LogP contribution < -0.4 is 4.74 Å². The Bertz CT molecular complexity index is 510. The fraction of sp³-hybridized carbons (Fsp3) is 0.0769. The second-order valence-electron chi connectivity index (χ2n) is 3.50. The van der Waals surface area contributed by atoms with Gasteiger partial charge in [-0.2, -0.15) is 0 Å². The van der Waals surface area contributed by atoms with E-state index >= 15 is 0 Å². The van der Waals surface area contributed by atoms with Crippen molar-refractivity contribution in [2.24, 2.45) is 0 Å². The first-order chi connectivity index (χ1) is 8.15. The van der Waals surface area contributed by atoms with Crippen LogP contribution in [0.15, 0.2) is 46.9 Å². The summed E-state index contributed by atoms with van der Waals surface area (Å²) >= 11 is 5.46. The molecule has 0 amide bonds. The molecule has 0 fully saturated rings. The third-order valence-corrected chi connectivity index (χ3v) is 3.50. The number of hydrogen-bond donors (Lipinski definition) is 0. The predicted octanol–water partition coefficient (Wildman–Crippen LogP) is 4.77. The molecule has 17 heavy (non-hydrogen) atoms. The summed E-state index contributed by atoms with van der Waals surface area (Å²) in [5.74, 6) is 0.550. The van der Waals surface area contributed by atoms with Gasteiger partial charge in [0.25, 0.3) is 0 Å². The van der Waals surface area contributed by atoms with Gasteiger partial charge in [0.2, 0.25) is 0 Å². The van der Waals surface area contributed by atoms with E-state index in [9.17, 15) is 4.39 Å². The molecule has 0 aliphatic heterocycles. The predicted molar refractivity (Wildman–Crippen MR) is 77.6 cm³/mol. The van der Waals surface area contributed by atoms with Crippen molar-refractivity contribution in [2.45, 2.75) is 6.61 Å². The Balaban J connectivity index is 2.10. The quantitative estimate of drug-likeness (QED) is 0.667. The van der Waals surface area contributed by atoms with Gasteiger partial charge in [-0.1, -0.05) is 28.1 Å². The summed E-state index contributed by atoms with van der Waals surface area (Å²) in [7, 11) is 0. The van der Waals surface area contributed by atoms with E-state index in [-0.39, 0.29) is 5.82 Å². The van der Waals surface area contributed by atoms with Crippen LogP contribution in [-0.2, 0) is 6.61 Å². The molecular formula is C13H9BrFIO. The number of ether oxygens (including phenoxy) is 1. The standard InChI is InChI=1S/C13H9BrFIO/c14-10-5-9(6-11(15)7-10)8-17-13-4-2-1-3-12(13)16/h1-7H,8H2. The maximum absolute atomic E-state index is 13.1. The highest BCUT2D eigenvalue weighted by atomic mass is 127. The third-order valence-electron chi connectivity index (χ3n) is 2.15. The van der Waals surface area contributed by atoms with Crippen molar-refractivity contribution in [2.75, 3.05) is 0 Å². The van der Waals surface area contributed by atoms with Crippen LogP contribution in [0.5, 0.6) is 5.75 Å². The Morgan fingerprint density at radius 1 is 1.18 bits per heavy atom. The monoisotopic (exact) mass is 406 g/mol. The lowest BCUT2D eigenvalue weighted by molar-refractivity contribution is 0.303. The highest BCUT2D eigenvalue weighted by Gasteiger charge is 2.02. The van der Waals surface area contributed by atoms with E-state index in [2.05, 4.69) is 38.5 Å². The topological polar surface area (TPSA) is 9.23 Å². The summed E-state index contributed by atoms with van der Waals surface area (Å²) in [6, 6.07) is 12.5. The highest BCUT2D eigenvalue weighted by Crippen LogP contribution is 2.22. The summed E-state index contributed by atoms with van der Waals surface area (Å²) in [6.07, 6.45) is 0. The van der Waals surface area contributed by atoms with Crippen LogP contribution in [0.25, 0.3) is 0 Å². The molecule has 88 valence electrons. The highest BCUT2D eigenvalue weighted by molar-refractivity contribution is 14.1. The molecule has 0 aliphatic rings. The lowest BCUT2D eigenvalue weighted by atomic mass is 10.2. The van der Waals surface area contributed by atoms with E-state index in [0.29, 0.717) is 6.61 Å². The Kier molecular flexibility index (Phi) is 4.39. The molecule has 0 saturated carbocycles. The van der Waals surface area contributed by atoms with Crippen molar-refractivity contribution >= 4 is 38.5 Å². The zero-order valence-electron chi connectivity index (χ0n) is 8.79. The molecule has 0 atom stereocenters. The summed E-state index contributed by atoms with van der Waals surface area (Å²) in [5.41, 5.74) is 0.802. The number of benzene rings is 2. The van der Waals surface area contributed by atoms with E-state index in [0.717, 1.165) is 19.4 Å². The smallest absolute Gasteiger partial charge is 0.133 e. The average molecular weight is 407 g/mol. The second-order valence-corrected chi connectivity index (χ2v) is 5.57. The molecule has 2 aromatic carbocycles. The van der Waals surface area contributed by atoms with Gasteiger partial charge in [0.1, 0.15) is 18.2 Å². The minimum atomic E-state index is -0.263. The zero-order valence-corrected chi connectivity index (χ0v) is 12.5. The molecule has 2 aromatic rings. The van der Waals surface area contributed by atoms with Gasteiger partial charge < -0.3 is 4.74 Å². The second kappa shape index (κ2) is 5.82. The van der Waals surface area contributed by atoms with Crippen LogP contribution in [0.3, 0.4) is 0 Å². The van der Waals surface area contributed by atoms with Gasteiger partial charge in [-0.05, 0) is 58.5 Å². The molecule has 0 N–H and O–H groups in total. The number of para-hydroxylation sites is 1. The maximum atomic E-state index is 13.1. The van der Waals surface area contributed by atoms with Crippen LogP contribution in [0.2, 0.25) is 0 Å². The molecule has 4 heteroatoms. The van der Waals surface area contributed by atoms with E-state index < -0.39 is 0 Å². The molecule has 0 aromatic heterocycles. The molecule has 2 rings (SSSR count). The van der Waals surface area contributed by atoms with E-state index in [1.165, 1.54) is 12.1 Å². The van der Waals surface area contributed by atoms with E-state index in [4.69, 9.17) is 4.74 Å². The normalized spacial score (nSPS) is 10.3. The van der Waals surface area contributed by atoms with Gasteiger partial charge in [-0.15, -0.1) is 0 Å². The van der Waals surface area contributed by atoms with Crippen LogP contribution in [0.1, 0.15) is 5.56 Å². The Morgan fingerprint density at radius 2 is 1.94 bits per heavy atom. The first-order valence-corrected chi connectivity index (χ1v) is 6.84. The van der Waals surface area contributed by atoms with Crippen LogP contribution in [0.4, 0.5) is 4.39 Å².